The average molecular weight is 238 g/mol. The van der Waals surface area contributed by atoms with Crippen molar-refractivity contribution >= 4 is 0 Å². The molecular formula is C9H18O7. The van der Waals surface area contributed by atoms with Crippen LogP contribution < -0.4 is 0 Å². The molecule has 7 heteroatoms. The molecule has 1 rings (SSSR count). The van der Waals surface area contributed by atoms with Crippen LogP contribution in [0.5, 0.6) is 0 Å². The van der Waals surface area contributed by atoms with Crippen molar-refractivity contribution in [1.82, 2.24) is 0 Å². The summed E-state index contributed by atoms with van der Waals surface area (Å²) in [6.07, 6.45) is -4.83. The first-order valence-corrected chi connectivity index (χ1v) is 5.08. The van der Waals surface area contributed by atoms with Crippen LogP contribution in [0.3, 0.4) is 0 Å². The smallest absolute Gasteiger partial charge is 0.183 e. The van der Waals surface area contributed by atoms with Crippen molar-refractivity contribution in [1.29, 1.82) is 0 Å². The van der Waals surface area contributed by atoms with E-state index in [-0.39, 0.29) is 19.8 Å². The Morgan fingerprint density at radius 1 is 1.25 bits per heavy atom. The molecule has 0 bridgehead atoms. The third-order valence-electron chi connectivity index (χ3n) is 2.46. The van der Waals surface area contributed by atoms with Crippen molar-refractivity contribution in [3.05, 3.63) is 0 Å². The van der Waals surface area contributed by atoms with Gasteiger partial charge in [0.05, 0.1) is 32.5 Å². The number of aliphatic hydroxyl groups excluding tert-OH is 5. The highest BCUT2D eigenvalue weighted by molar-refractivity contribution is 4.82. The molecule has 0 unspecified atom stereocenters. The Labute approximate surface area is 92.9 Å². The fourth-order valence-corrected chi connectivity index (χ4v) is 1.42. The zero-order valence-corrected chi connectivity index (χ0v) is 8.77. The first-order chi connectivity index (χ1) is 7.56. The molecule has 1 aliphatic rings. The number of hydrogen-bond donors (Lipinski definition) is 5. The molecule has 0 spiro atoms. The van der Waals surface area contributed by atoms with Gasteiger partial charge in [0.25, 0.3) is 0 Å². The molecule has 0 aromatic carbocycles. The average Bonchev–Trinajstić information content (AvgIpc) is 2.29. The Balaban J connectivity index is 2.27. The summed E-state index contributed by atoms with van der Waals surface area (Å²) >= 11 is 0. The summed E-state index contributed by atoms with van der Waals surface area (Å²) < 4.78 is 9.85. The van der Waals surface area contributed by atoms with E-state index in [1.165, 1.54) is 0 Å². The molecule has 0 saturated carbocycles. The van der Waals surface area contributed by atoms with Gasteiger partial charge >= 0.3 is 0 Å². The molecule has 1 fully saturated rings. The molecule has 1 saturated heterocycles. The summed E-state index contributed by atoms with van der Waals surface area (Å²) in [6.45, 7) is -0.319. The number of rotatable bonds is 5. The maximum absolute atomic E-state index is 9.55. The minimum atomic E-state index is -1.38. The highest BCUT2D eigenvalue weighted by Gasteiger charge is 2.37. The lowest BCUT2D eigenvalue weighted by Gasteiger charge is -2.34. The third kappa shape index (κ3) is 3.63. The fraction of sp³-hybridized carbons (Fsp3) is 1.00. The van der Waals surface area contributed by atoms with Crippen LogP contribution in [-0.4, -0.2) is 76.6 Å². The van der Waals surface area contributed by atoms with Gasteiger partial charge in [-0.3, -0.25) is 0 Å². The minimum absolute atomic E-state index is 0.0572. The van der Waals surface area contributed by atoms with E-state index in [1.807, 2.05) is 0 Å². The standard InChI is InChI=1S/C9H18O7/c10-1-6(11)4-15-2-5-3-16-9(14)8(13)7(5)12/h5-14H,1-4H2/t5-,6+,7+,8-,9-/m0/s1. The molecule has 0 aromatic rings. The van der Waals surface area contributed by atoms with Gasteiger partial charge in [0.15, 0.2) is 6.29 Å². The molecule has 5 N–H and O–H groups in total. The topological polar surface area (TPSA) is 120 Å². The van der Waals surface area contributed by atoms with Gasteiger partial charge in [-0.1, -0.05) is 0 Å². The molecular weight excluding hydrogens is 220 g/mol. The monoisotopic (exact) mass is 238 g/mol. The van der Waals surface area contributed by atoms with Gasteiger partial charge in [0.2, 0.25) is 0 Å². The molecule has 0 amide bonds. The SMILES string of the molecule is OC[C@@H](O)COC[C@H]1CO[C@H](O)[C@@H](O)[C@@H]1O. The molecule has 7 nitrogen and oxygen atoms in total. The van der Waals surface area contributed by atoms with E-state index in [0.29, 0.717) is 0 Å². The zero-order chi connectivity index (χ0) is 12.1. The summed E-state index contributed by atoms with van der Waals surface area (Å²) in [5, 5.41) is 45.4. The highest BCUT2D eigenvalue weighted by atomic mass is 16.6. The molecule has 16 heavy (non-hydrogen) atoms. The van der Waals surface area contributed by atoms with Crippen LogP contribution in [0.25, 0.3) is 0 Å². The van der Waals surface area contributed by atoms with Crippen molar-refractivity contribution in [2.24, 2.45) is 5.92 Å². The maximum Gasteiger partial charge on any atom is 0.183 e. The van der Waals surface area contributed by atoms with E-state index in [2.05, 4.69) is 0 Å². The van der Waals surface area contributed by atoms with Crippen molar-refractivity contribution < 1.29 is 35.0 Å². The van der Waals surface area contributed by atoms with Crippen LogP contribution in [0, 0.1) is 5.92 Å². The van der Waals surface area contributed by atoms with Crippen molar-refractivity contribution in [2.75, 3.05) is 26.4 Å². The Morgan fingerprint density at radius 3 is 2.56 bits per heavy atom. The molecule has 0 aromatic heterocycles. The van der Waals surface area contributed by atoms with Gasteiger partial charge in [-0.2, -0.15) is 0 Å². The van der Waals surface area contributed by atoms with Crippen LogP contribution in [0.15, 0.2) is 0 Å². The quantitative estimate of drug-likeness (QED) is 0.347. The Kier molecular flexibility index (Phi) is 5.56. The molecule has 5 atom stereocenters. The molecule has 96 valence electrons. The van der Waals surface area contributed by atoms with Crippen molar-refractivity contribution in [2.45, 2.75) is 24.6 Å². The van der Waals surface area contributed by atoms with Gasteiger partial charge in [-0.15, -0.1) is 0 Å². The van der Waals surface area contributed by atoms with Crippen LogP contribution in [0.1, 0.15) is 0 Å². The first kappa shape index (κ1) is 13.8. The molecule has 1 heterocycles. The van der Waals surface area contributed by atoms with Crippen molar-refractivity contribution in [3.8, 4) is 0 Å². The maximum atomic E-state index is 9.55. The number of aliphatic hydroxyl groups is 5. The number of hydrogen-bond acceptors (Lipinski definition) is 7. The summed E-state index contributed by atoms with van der Waals surface area (Å²) in [7, 11) is 0. The van der Waals surface area contributed by atoms with E-state index in [4.69, 9.17) is 24.8 Å². The van der Waals surface area contributed by atoms with E-state index in [9.17, 15) is 10.2 Å². The lowest BCUT2D eigenvalue weighted by atomic mass is 9.96. The van der Waals surface area contributed by atoms with Crippen molar-refractivity contribution in [3.63, 3.8) is 0 Å². The lowest BCUT2D eigenvalue weighted by Crippen LogP contribution is -2.51. The Hall–Kier alpha value is -0.280. The summed E-state index contributed by atoms with van der Waals surface area (Å²) in [5.74, 6) is -0.468. The van der Waals surface area contributed by atoms with Gasteiger partial charge in [0.1, 0.15) is 12.2 Å². The summed E-state index contributed by atoms with van der Waals surface area (Å²) in [4.78, 5) is 0. The Morgan fingerprint density at radius 2 is 1.94 bits per heavy atom. The van der Waals surface area contributed by atoms with Gasteiger partial charge in [0, 0.05) is 5.92 Å². The normalized spacial score (nSPS) is 37.3. The Bertz CT molecular complexity index is 200. The summed E-state index contributed by atoms with van der Waals surface area (Å²) in [5.41, 5.74) is 0. The van der Waals surface area contributed by atoms with Crippen LogP contribution >= 0.6 is 0 Å². The van der Waals surface area contributed by atoms with E-state index in [1.54, 1.807) is 0 Å². The van der Waals surface area contributed by atoms with E-state index < -0.39 is 37.1 Å². The van der Waals surface area contributed by atoms with Crippen LogP contribution in [0.4, 0.5) is 0 Å². The largest absolute Gasteiger partial charge is 0.394 e. The first-order valence-electron chi connectivity index (χ1n) is 5.08. The van der Waals surface area contributed by atoms with E-state index in [0.717, 1.165) is 0 Å². The van der Waals surface area contributed by atoms with Crippen LogP contribution in [0.2, 0.25) is 0 Å². The predicted molar refractivity (Wildman–Crippen MR) is 51.4 cm³/mol. The fourth-order valence-electron chi connectivity index (χ4n) is 1.42. The molecule has 0 radical (unpaired) electrons. The minimum Gasteiger partial charge on any atom is -0.394 e. The van der Waals surface area contributed by atoms with Gasteiger partial charge in [-0.05, 0) is 0 Å². The predicted octanol–water partition coefficient (Wildman–Crippen LogP) is -2.96. The van der Waals surface area contributed by atoms with Crippen LogP contribution in [-0.2, 0) is 9.47 Å². The van der Waals surface area contributed by atoms with E-state index >= 15 is 0 Å². The second kappa shape index (κ2) is 6.45. The second-order valence-electron chi connectivity index (χ2n) is 3.84. The molecule has 1 aliphatic heterocycles. The second-order valence-corrected chi connectivity index (χ2v) is 3.84. The third-order valence-corrected chi connectivity index (χ3v) is 2.46. The van der Waals surface area contributed by atoms with Gasteiger partial charge < -0.3 is 35.0 Å². The number of ether oxygens (including phenoxy) is 2. The van der Waals surface area contributed by atoms with Gasteiger partial charge in [-0.25, -0.2) is 0 Å². The highest BCUT2D eigenvalue weighted by Crippen LogP contribution is 2.19. The summed E-state index contributed by atoms with van der Waals surface area (Å²) in [6, 6.07) is 0. The lowest BCUT2D eigenvalue weighted by molar-refractivity contribution is -0.245. The molecule has 0 aliphatic carbocycles. The zero-order valence-electron chi connectivity index (χ0n) is 8.77.